The van der Waals surface area contributed by atoms with Crippen LogP contribution in [0.2, 0.25) is 10.0 Å². The first-order valence-electron chi connectivity index (χ1n) is 5.68. The highest BCUT2D eigenvalue weighted by molar-refractivity contribution is 6.33. The van der Waals surface area contributed by atoms with E-state index in [-0.39, 0.29) is 0 Å². The maximum Gasteiger partial charge on any atom is 0.106 e. The van der Waals surface area contributed by atoms with Crippen molar-refractivity contribution < 1.29 is 5.11 Å². The molecule has 1 nitrogen and oxygen atoms in total. The fourth-order valence-electron chi connectivity index (χ4n) is 2.07. The fraction of sp³-hybridized carbons (Fsp3) is 0.200. The molecule has 0 aliphatic heterocycles. The van der Waals surface area contributed by atoms with Crippen molar-refractivity contribution in [1.29, 1.82) is 0 Å². The van der Waals surface area contributed by atoms with Gasteiger partial charge in [0.15, 0.2) is 0 Å². The molecule has 1 unspecified atom stereocenters. The summed E-state index contributed by atoms with van der Waals surface area (Å²) in [6.07, 6.45) is -0.755. The summed E-state index contributed by atoms with van der Waals surface area (Å²) in [5.74, 6) is 0. The number of aryl methyl sites for hydroxylation is 2. The summed E-state index contributed by atoms with van der Waals surface area (Å²) < 4.78 is 0. The molecule has 1 N–H and O–H groups in total. The van der Waals surface area contributed by atoms with E-state index in [1.54, 1.807) is 18.2 Å². The van der Waals surface area contributed by atoms with E-state index in [4.69, 9.17) is 23.2 Å². The summed E-state index contributed by atoms with van der Waals surface area (Å²) in [6.45, 7) is 4.01. The lowest BCUT2D eigenvalue weighted by Gasteiger charge is -2.15. The highest BCUT2D eigenvalue weighted by Gasteiger charge is 2.15. The van der Waals surface area contributed by atoms with E-state index in [1.165, 1.54) is 0 Å². The van der Waals surface area contributed by atoms with Crippen LogP contribution in [0, 0.1) is 13.8 Å². The van der Waals surface area contributed by atoms with Gasteiger partial charge in [0.05, 0.1) is 0 Å². The molecular formula is C15H14Cl2O. The van der Waals surface area contributed by atoms with E-state index < -0.39 is 6.10 Å². The standard InChI is InChI=1S/C15H14Cl2O/c1-9-5-10(2)7-11(6-9)15(18)13-8-12(16)3-4-14(13)17/h3-8,15,18H,1-2H3. The molecule has 0 aliphatic rings. The minimum atomic E-state index is -0.755. The molecule has 2 aromatic carbocycles. The van der Waals surface area contributed by atoms with Crippen LogP contribution < -0.4 is 0 Å². The molecule has 0 saturated carbocycles. The number of halogens is 2. The third-order valence-corrected chi connectivity index (χ3v) is 3.39. The highest BCUT2D eigenvalue weighted by atomic mass is 35.5. The number of hydrogen-bond acceptors (Lipinski definition) is 1. The van der Waals surface area contributed by atoms with Crippen LogP contribution in [0.15, 0.2) is 36.4 Å². The van der Waals surface area contributed by atoms with Crippen molar-refractivity contribution in [3.8, 4) is 0 Å². The second-order valence-corrected chi connectivity index (χ2v) is 5.33. The van der Waals surface area contributed by atoms with Crippen LogP contribution in [-0.4, -0.2) is 5.11 Å². The lowest BCUT2D eigenvalue weighted by molar-refractivity contribution is 0.220. The van der Waals surface area contributed by atoms with Gasteiger partial charge in [-0.2, -0.15) is 0 Å². The summed E-state index contributed by atoms with van der Waals surface area (Å²) in [5, 5.41) is 11.5. The van der Waals surface area contributed by atoms with E-state index in [1.807, 2.05) is 26.0 Å². The normalized spacial score (nSPS) is 12.5. The average molecular weight is 281 g/mol. The van der Waals surface area contributed by atoms with Crippen LogP contribution in [0.5, 0.6) is 0 Å². The second-order valence-electron chi connectivity index (χ2n) is 4.49. The number of rotatable bonds is 2. The minimum absolute atomic E-state index is 0.519. The van der Waals surface area contributed by atoms with Crippen molar-refractivity contribution in [2.24, 2.45) is 0 Å². The topological polar surface area (TPSA) is 20.2 Å². The zero-order chi connectivity index (χ0) is 13.3. The van der Waals surface area contributed by atoms with Gasteiger partial charge in [-0.25, -0.2) is 0 Å². The Labute approximate surface area is 117 Å². The van der Waals surface area contributed by atoms with Gasteiger partial charge in [0.1, 0.15) is 6.10 Å². The first-order chi connectivity index (χ1) is 8.47. The molecule has 0 saturated heterocycles. The van der Waals surface area contributed by atoms with E-state index >= 15 is 0 Å². The van der Waals surface area contributed by atoms with Crippen LogP contribution in [0.4, 0.5) is 0 Å². The molecule has 0 spiro atoms. The summed E-state index contributed by atoms with van der Waals surface area (Å²) in [7, 11) is 0. The molecule has 0 heterocycles. The number of hydrogen-bond donors (Lipinski definition) is 1. The Morgan fingerprint density at radius 2 is 1.56 bits per heavy atom. The summed E-state index contributed by atoms with van der Waals surface area (Å²) in [6, 6.07) is 11.1. The van der Waals surface area contributed by atoms with Crippen molar-refractivity contribution in [3.05, 3.63) is 68.7 Å². The second kappa shape index (κ2) is 5.31. The third kappa shape index (κ3) is 2.86. The van der Waals surface area contributed by atoms with Gasteiger partial charge in [0.25, 0.3) is 0 Å². The van der Waals surface area contributed by atoms with E-state index in [0.717, 1.165) is 16.7 Å². The minimum Gasteiger partial charge on any atom is -0.384 e. The number of aliphatic hydroxyl groups is 1. The Balaban J connectivity index is 2.47. The Hall–Kier alpha value is -1.02. The Bertz CT molecular complexity index is 558. The molecule has 2 aromatic rings. The van der Waals surface area contributed by atoms with E-state index in [9.17, 15) is 5.11 Å². The van der Waals surface area contributed by atoms with Crippen molar-refractivity contribution in [1.82, 2.24) is 0 Å². The molecule has 0 bridgehead atoms. The van der Waals surface area contributed by atoms with Crippen LogP contribution in [0.1, 0.15) is 28.4 Å². The molecule has 0 radical (unpaired) electrons. The highest BCUT2D eigenvalue weighted by Crippen LogP contribution is 2.31. The molecule has 0 aliphatic carbocycles. The van der Waals surface area contributed by atoms with Gasteiger partial charge in [0, 0.05) is 15.6 Å². The summed E-state index contributed by atoms with van der Waals surface area (Å²) in [5.41, 5.74) is 3.69. The molecule has 2 rings (SSSR count). The van der Waals surface area contributed by atoms with Crippen molar-refractivity contribution in [2.45, 2.75) is 20.0 Å². The maximum atomic E-state index is 10.4. The van der Waals surface area contributed by atoms with E-state index in [0.29, 0.717) is 15.6 Å². The van der Waals surface area contributed by atoms with Crippen LogP contribution in [0.3, 0.4) is 0 Å². The Morgan fingerprint density at radius 3 is 2.17 bits per heavy atom. The molecule has 1 atom stereocenters. The van der Waals surface area contributed by atoms with Crippen LogP contribution >= 0.6 is 23.2 Å². The first-order valence-corrected chi connectivity index (χ1v) is 6.44. The average Bonchev–Trinajstić information content (AvgIpc) is 2.30. The van der Waals surface area contributed by atoms with Gasteiger partial charge >= 0.3 is 0 Å². The molecule has 0 fully saturated rings. The molecule has 0 amide bonds. The number of benzene rings is 2. The zero-order valence-corrected chi connectivity index (χ0v) is 11.8. The van der Waals surface area contributed by atoms with Gasteiger partial charge in [-0.3, -0.25) is 0 Å². The van der Waals surface area contributed by atoms with Gasteiger partial charge in [-0.15, -0.1) is 0 Å². The summed E-state index contributed by atoms with van der Waals surface area (Å²) in [4.78, 5) is 0. The van der Waals surface area contributed by atoms with Crippen molar-refractivity contribution in [2.75, 3.05) is 0 Å². The lowest BCUT2D eigenvalue weighted by Crippen LogP contribution is -2.01. The quantitative estimate of drug-likeness (QED) is 0.846. The Kier molecular flexibility index (Phi) is 3.96. The monoisotopic (exact) mass is 280 g/mol. The van der Waals surface area contributed by atoms with Gasteiger partial charge in [0.2, 0.25) is 0 Å². The largest absolute Gasteiger partial charge is 0.384 e. The first kappa shape index (κ1) is 13.4. The van der Waals surface area contributed by atoms with Gasteiger partial charge in [-0.05, 0) is 37.6 Å². The molecule has 94 valence electrons. The molecule has 18 heavy (non-hydrogen) atoms. The summed E-state index contributed by atoms with van der Waals surface area (Å²) >= 11 is 12.0. The maximum absolute atomic E-state index is 10.4. The van der Waals surface area contributed by atoms with Crippen molar-refractivity contribution in [3.63, 3.8) is 0 Å². The molecule has 3 heteroatoms. The van der Waals surface area contributed by atoms with Crippen molar-refractivity contribution >= 4 is 23.2 Å². The van der Waals surface area contributed by atoms with Gasteiger partial charge in [-0.1, -0.05) is 52.5 Å². The number of aliphatic hydroxyl groups excluding tert-OH is 1. The molecular weight excluding hydrogens is 267 g/mol. The smallest absolute Gasteiger partial charge is 0.106 e. The lowest BCUT2D eigenvalue weighted by atomic mass is 9.98. The Morgan fingerprint density at radius 1 is 0.944 bits per heavy atom. The van der Waals surface area contributed by atoms with Crippen LogP contribution in [-0.2, 0) is 0 Å². The molecule has 0 aromatic heterocycles. The van der Waals surface area contributed by atoms with E-state index in [2.05, 4.69) is 6.07 Å². The predicted octanol–water partition coefficient (Wildman–Crippen LogP) is 4.69. The van der Waals surface area contributed by atoms with Gasteiger partial charge < -0.3 is 5.11 Å². The zero-order valence-electron chi connectivity index (χ0n) is 10.2. The van der Waals surface area contributed by atoms with Crippen LogP contribution in [0.25, 0.3) is 0 Å². The fourth-order valence-corrected chi connectivity index (χ4v) is 2.47. The SMILES string of the molecule is Cc1cc(C)cc(C(O)c2cc(Cl)ccc2Cl)c1. The predicted molar refractivity (Wildman–Crippen MR) is 76.4 cm³/mol. The third-order valence-electron chi connectivity index (χ3n) is 2.81.